The molecule has 0 spiro atoms. The number of esters is 1. The van der Waals surface area contributed by atoms with Crippen molar-refractivity contribution < 1.29 is 18.8 Å². The second kappa shape index (κ2) is 7.01. The fourth-order valence-corrected chi connectivity index (χ4v) is 1.99. The molecule has 7 nitrogen and oxygen atoms in total. The van der Waals surface area contributed by atoms with E-state index in [1.807, 2.05) is 0 Å². The monoisotopic (exact) mass is 339 g/mol. The number of nitrogens with zero attached hydrogens (tertiary/aromatic N) is 2. The largest absolute Gasteiger partial charge is 0.465 e. The minimum atomic E-state index is -0.650. The summed E-state index contributed by atoms with van der Waals surface area (Å²) < 4.78 is 18.4. The molecule has 1 heterocycles. The number of halogens is 2. The van der Waals surface area contributed by atoms with E-state index in [4.69, 9.17) is 11.6 Å². The molecule has 0 fully saturated rings. The standard InChI is InChI=1S/C14H11ClFN3O4/c1-23-14(20)8-2-3-11(16)9(4-8)6-17-13-12(19(21)22)5-10(15)7-18-13/h2-5,7H,6H2,1H3,(H,17,18). The summed E-state index contributed by atoms with van der Waals surface area (Å²) >= 11 is 5.67. The van der Waals surface area contributed by atoms with Gasteiger partial charge in [0.2, 0.25) is 5.82 Å². The summed E-state index contributed by atoms with van der Waals surface area (Å²) in [4.78, 5) is 25.6. The Labute approximate surface area is 135 Å². The van der Waals surface area contributed by atoms with Gasteiger partial charge in [0.15, 0.2) is 0 Å². The van der Waals surface area contributed by atoms with Crippen LogP contribution in [0.5, 0.6) is 0 Å². The molecule has 1 aromatic carbocycles. The van der Waals surface area contributed by atoms with Gasteiger partial charge in [-0.1, -0.05) is 11.6 Å². The Bertz CT molecular complexity index is 770. The number of rotatable bonds is 5. The van der Waals surface area contributed by atoms with Crippen molar-refractivity contribution in [2.75, 3.05) is 12.4 Å². The van der Waals surface area contributed by atoms with Crippen LogP contribution in [0.1, 0.15) is 15.9 Å². The highest BCUT2D eigenvalue weighted by atomic mass is 35.5. The van der Waals surface area contributed by atoms with Crippen molar-refractivity contribution >= 4 is 29.1 Å². The van der Waals surface area contributed by atoms with Crippen molar-refractivity contribution in [3.8, 4) is 0 Å². The number of anilines is 1. The van der Waals surface area contributed by atoms with Gasteiger partial charge in [-0.05, 0) is 18.2 Å². The maximum Gasteiger partial charge on any atom is 0.337 e. The third-order valence-electron chi connectivity index (χ3n) is 2.94. The summed E-state index contributed by atoms with van der Waals surface area (Å²) in [5, 5.41) is 13.7. The number of pyridine rings is 1. The number of aromatic nitrogens is 1. The topological polar surface area (TPSA) is 94.4 Å². The van der Waals surface area contributed by atoms with Crippen LogP contribution in [0.3, 0.4) is 0 Å². The van der Waals surface area contributed by atoms with Crippen LogP contribution in [-0.4, -0.2) is 23.0 Å². The minimum absolute atomic E-state index is 0.0535. The molecule has 0 bridgehead atoms. The number of ether oxygens (including phenoxy) is 1. The van der Waals surface area contributed by atoms with Gasteiger partial charge in [0.05, 0.1) is 22.6 Å². The quantitative estimate of drug-likeness (QED) is 0.510. The van der Waals surface area contributed by atoms with Gasteiger partial charge >= 0.3 is 11.7 Å². The molecule has 9 heteroatoms. The van der Waals surface area contributed by atoms with Gasteiger partial charge in [-0.2, -0.15) is 0 Å². The molecule has 0 saturated carbocycles. The van der Waals surface area contributed by atoms with Gasteiger partial charge in [0.25, 0.3) is 0 Å². The van der Waals surface area contributed by atoms with Crippen molar-refractivity contribution in [2.24, 2.45) is 0 Å². The summed E-state index contributed by atoms with van der Waals surface area (Å²) in [6.45, 7) is -0.105. The van der Waals surface area contributed by atoms with E-state index in [2.05, 4.69) is 15.0 Å². The van der Waals surface area contributed by atoms with Gasteiger partial charge in [-0.15, -0.1) is 0 Å². The molecule has 1 aromatic heterocycles. The van der Waals surface area contributed by atoms with Crippen molar-refractivity contribution in [3.05, 3.63) is 62.5 Å². The lowest BCUT2D eigenvalue weighted by Crippen LogP contribution is -2.08. The summed E-state index contributed by atoms with van der Waals surface area (Å²) in [5.41, 5.74) is -0.0229. The summed E-state index contributed by atoms with van der Waals surface area (Å²) in [7, 11) is 1.21. The van der Waals surface area contributed by atoms with Crippen LogP contribution in [0, 0.1) is 15.9 Å². The van der Waals surface area contributed by atoms with E-state index in [9.17, 15) is 19.3 Å². The summed E-state index contributed by atoms with van der Waals surface area (Å²) in [5.74, 6) is -1.23. The van der Waals surface area contributed by atoms with Crippen LogP contribution in [0.15, 0.2) is 30.5 Å². The number of methoxy groups -OCH3 is 1. The number of hydrogen-bond acceptors (Lipinski definition) is 6. The van der Waals surface area contributed by atoms with Crippen LogP contribution in [0.25, 0.3) is 0 Å². The SMILES string of the molecule is COC(=O)c1ccc(F)c(CNc2ncc(Cl)cc2[N+](=O)[O-])c1. The first-order valence-electron chi connectivity index (χ1n) is 6.33. The lowest BCUT2D eigenvalue weighted by molar-refractivity contribution is -0.384. The number of hydrogen-bond donors (Lipinski definition) is 1. The maximum absolute atomic E-state index is 13.8. The Morgan fingerprint density at radius 2 is 2.22 bits per heavy atom. The van der Waals surface area contributed by atoms with Crippen LogP contribution < -0.4 is 5.32 Å². The molecule has 2 aromatic rings. The van der Waals surface area contributed by atoms with Crippen LogP contribution in [0.4, 0.5) is 15.9 Å². The first kappa shape index (κ1) is 16.6. The molecule has 0 saturated heterocycles. The highest BCUT2D eigenvalue weighted by molar-refractivity contribution is 6.30. The second-order valence-electron chi connectivity index (χ2n) is 4.43. The van der Waals surface area contributed by atoms with Crippen molar-refractivity contribution in [1.29, 1.82) is 0 Å². The fourth-order valence-electron chi connectivity index (χ4n) is 1.84. The Balaban J connectivity index is 2.24. The molecule has 23 heavy (non-hydrogen) atoms. The fraction of sp³-hybridized carbons (Fsp3) is 0.143. The number of nitrogens with one attached hydrogen (secondary N) is 1. The molecule has 0 aliphatic heterocycles. The molecule has 2 rings (SSSR count). The van der Waals surface area contributed by atoms with Crippen molar-refractivity contribution in [3.63, 3.8) is 0 Å². The molecule has 0 aliphatic carbocycles. The van der Waals surface area contributed by atoms with Crippen LogP contribution in [0.2, 0.25) is 5.02 Å². The zero-order valence-corrected chi connectivity index (χ0v) is 12.6. The van der Waals surface area contributed by atoms with E-state index >= 15 is 0 Å². The molecule has 0 amide bonds. The first-order valence-corrected chi connectivity index (χ1v) is 6.70. The molecular formula is C14H11ClFN3O4. The smallest absolute Gasteiger partial charge is 0.337 e. The Morgan fingerprint density at radius 1 is 1.48 bits per heavy atom. The third kappa shape index (κ3) is 3.92. The Kier molecular flexibility index (Phi) is 5.07. The van der Waals surface area contributed by atoms with E-state index in [-0.39, 0.29) is 34.2 Å². The van der Waals surface area contributed by atoms with Gasteiger partial charge in [-0.25, -0.2) is 14.2 Å². The van der Waals surface area contributed by atoms with E-state index in [0.29, 0.717) is 0 Å². The molecule has 0 atom stereocenters. The second-order valence-corrected chi connectivity index (χ2v) is 4.87. The average molecular weight is 340 g/mol. The normalized spacial score (nSPS) is 10.2. The predicted molar refractivity (Wildman–Crippen MR) is 81.0 cm³/mol. The lowest BCUT2D eigenvalue weighted by Gasteiger charge is -2.09. The van der Waals surface area contributed by atoms with Crippen LogP contribution >= 0.6 is 11.6 Å². The molecule has 1 N–H and O–H groups in total. The lowest BCUT2D eigenvalue weighted by atomic mass is 10.1. The van der Waals surface area contributed by atoms with Crippen LogP contribution in [-0.2, 0) is 11.3 Å². The highest BCUT2D eigenvalue weighted by Gasteiger charge is 2.17. The van der Waals surface area contributed by atoms with E-state index in [1.54, 1.807) is 0 Å². The Hall–Kier alpha value is -2.74. The third-order valence-corrected chi connectivity index (χ3v) is 3.15. The van der Waals surface area contributed by atoms with Gasteiger partial charge in [-0.3, -0.25) is 10.1 Å². The average Bonchev–Trinajstić information content (AvgIpc) is 2.54. The Morgan fingerprint density at radius 3 is 2.87 bits per heavy atom. The molecular weight excluding hydrogens is 329 g/mol. The number of carbonyl (C=O) groups excluding carboxylic acids is 1. The molecule has 0 radical (unpaired) electrons. The zero-order chi connectivity index (χ0) is 17.0. The predicted octanol–water partition coefficient (Wildman–Crippen LogP) is 3.18. The summed E-state index contributed by atoms with van der Waals surface area (Å²) in [6.07, 6.45) is 1.23. The maximum atomic E-state index is 13.8. The molecule has 120 valence electrons. The minimum Gasteiger partial charge on any atom is -0.465 e. The van der Waals surface area contributed by atoms with Gasteiger partial charge < -0.3 is 10.1 Å². The highest BCUT2D eigenvalue weighted by Crippen LogP contribution is 2.25. The zero-order valence-electron chi connectivity index (χ0n) is 11.9. The first-order chi connectivity index (χ1) is 10.9. The van der Waals surface area contributed by atoms with E-state index in [1.165, 1.54) is 25.4 Å². The number of carbonyl (C=O) groups is 1. The van der Waals surface area contributed by atoms with E-state index in [0.717, 1.165) is 12.1 Å². The van der Waals surface area contributed by atoms with Gasteiger partial charge in [0.1, 0.15) is 5.82 Å². The number of benzene rings is 1. The molecule has 0 aliphatic rings. The molecule has 0 unspecified atom stereocenters. The van der Waals surface area contributed by atoms with E-state index < -0.39 is 16.7 Å². The van der Waals surface area contributed by atoms with Crippen molar-refractivity contribution in [1.82, 2.24) is 4.98 Å². The number of nitro groups is 1. The summed E-state index contributed by atoms with van der Waals surface area (Å²) in [6, 6.07) is 4.84. The van der Waals surface area contributed by atoms with Crippen molar-refractivity contribution in [2.45, 2.75) is 6.54 Å². The van der Waals surface area contributed by atoms with Gasteiger partial charge in [0, 0.05) is 24.4 Å².